The Hall–Kier alpha value is -1.04. The van der Waals surface area contributed by atoms with Gasteiger partial charge in [-0.25, -0.2) is 0 Å². The Bertz CT molecular complexity index is 359. The fourth-order valence-corrected chi connectivity index (χ4v) is 3.82. The van der Waals surface area contributed by atoms with Crippen LogP contribution in [0.5, 0.6) is 0 Å². The lowest BCUT2D eigenvalue weighted by Gasteiger charge is -2.45. The molecule has 0 bridgehead atoms. The molecule has 19 heavy (non-hydrogen) atoms. The molecular weight excluding hydrogens is 236 g/mol. The molecule has 0 atom stereocenters. The summed E-state index contributed by atoms with van der Waals surface area (Å²) >= 11 is 0. The standard InChI is InChI=1S/C16H24N2O/c17-8-7-12-10-18(11-12)16(19)9-15(13-3-1-4-13)14-5-2-6-14/h12-15H,1-7,9-11H2. The van der Waals surface area contributed by atoms with Crippen molar-refractivity contribution < 1.29 is 4.79 Å². The molecule has 1 aliphatic heterocycles. The van der Waals surface area contributed by atoms with Gasteiger partial charge < -0.3 is 4.90 Å². The van der Waals surface area contributed by atoms with Crippen molar-refractivity contribution in [1.29, 1.82) is 5.26 Å². The number of rotatable bonds is 5. The van der Waals surface area contributed by atoms with Crippen LogP contribution in [0.4, 0.5) is 0 Å². The monoisotopic (exact) mass is 260 g/mol. The minimum Gasteiger partial charge on any atom is -0.342 e. The van der Waals surface area contributed by atoms with Gasteiger partial charge in [0.2, 0.25) is 5.91 Å². The highest BCUT2D eigenvalue weighted by Crippen LogP contribution is 2.46. The second-order valence-corrected chi connectivity index (χ2v) is 6.78. The number of hydrogen-bond acceptors (Lipinski definition) is 2. The first-order valence-electron chi connectivity index (χ1n) is 7.92. The quantitative estimate of drug-likeness (QED) is 0.762. The number of nitrogens with zero attached hydrogens (tertiary/aromatic N) is 2. The smallest absolute Gasteiger partial charge is 0.222 e. The number of hydrogen-bond donors (Lipinski definition) is 0. The SMILES string of the molecule is N#CCC1CN(C(=O)CC(C2CCC2)C2CCC2)C1. The van der Waals surface area contributed by atoms with E-state index in [9.17, 15) is 4.79 Å². The van der Waals surface area contributed by atoms with Gasteiger partial charge in [0.15, 0.2) is 0 Å². The molecule has 3 fully saturated rings. The summed E-state index contributed by atoms with van der Waals surface area (Å²) in [6.45, 7) is 1.66. The zero-order valence-corrected chi connectivity index (χ0v) is 11.7. The lowest BCUT2D eigenvalue weighted by molar-refractivity contribution is -0.140. The molecule has 3 rings (SSSR count). The van der Waals surface area contributed by atoms with Crippen molar-refractivity contribution in [3.8, 4) is 6.07 Å². The number of nitriles is 1. The summed E-state index contributed by atoms with van der Waals surface area (Å²) in [7, 11) is 0. The largest absolute Gasteiger partial charge is 0.342 e. The number of carbonyl (C=O) groups excluding carboxylic acids is 1. The fourth-order valence-electron chi connectivity index (χ4n) is 3.82. The average Bonchev–Trinajstić information content (AvgIpc) is 2.17. The van der Waals surface area contributed by atoms with Crippen LogP contribution < -0.4 is 0 Å². The van der Waals surface area contributed by atoms with Crippen molar-refractivity contribution >= 4 is 5.91 Å². The van der Waals surface area contributed by atoms with Crippen LogP contribution in [-0.2, 0) is 4.79 Å². The molecule has 0 spiro atoms. The lowest BCUT2D eigenvalue weighted by atomic mass is 9.63. The molecular formula is C16H24N2O. The third kappa shape index (κ3) is 2.63. The molecule has 0 radical (unpaired) electrons. The highest BCUT2D eigenvalue weighted by atomic mass is 16.2. The van der Waals surface area contributed by atoms with E-state index in [1.54, 1.807) is 0 Å². The highest BCUT2D eigenvalue weighted by molar-refractivity contribution is 5.77. The molecule has 3 nitrogen and oxygen atoms in total. The molecule has 1 amide bonds. The van der Waals surface area contributed by atoms with Crippen molar-refractivity contribution in [3.63, 3.8) is 0 Å². The Morgan fingerprint density at radius 2 is 1.74 bits per heavy atom. The molecule has 0 aromatic heterocycles. The summed E-state index contributed by atoms with van der Waals surface area (Å²) in [6, 6.07) is 2.20. The van der Waals surface area contributed by atoms with E-state index in [0.717, 1.165) is 31.3 Å². The first kappa shape index (κ1) is 13.0. The van der Waals surface area contributed by atoms with Gasteiger partial charge in [-0.15, -0.1) is 0 Å². The van der Waals surface area contributed by atoms with E-state index in [4.69, 9.17) is 5.26 Å². The van der Waals surface area contributed by atoms with Gasteiger partial charge in [-0.3, -0.25) is 4.79 Å². The zero-order valence-electron chi connectivity index (χ0n) is 11.7. The van der Waals surface area contributed by atoms with Crippen LogP contribution in [0.1, 0.15) is 51.4 Å². The van der Waals surface area contributed by atoms with Crippen molar-refractivity contribution in [2.75, 3.05) is 13.1 Å². The lowest BCUT2D eigenvalue weighted by Crippen LogP contribution is -2.51. The first-order valence-corrected chi connectivity index (χ1v) is 7.92. The molecule has 1 heterocycles. The third-order valence-corrected chi connectivity index (χ3v) is 5.61. The van der Waals surface area contributed by atoms with E-state index >= 15 is 0 Å². The van der Waals surface area contributed by atoms with E-state index in [2.05, 4.69) is 6.07 Å². The van der Waals surface area contributed by atoms with E-state index in [-0.39, 0.29) is 0 Å². The van der Waals surface area contributed by atoms with Crippen molar-refractivity contribution in [1.82, 2.24) is 4.90 Å². The van der Waals surface area contributed by atoms with Crippen LogP contribution in [0.3, 0.4) is 0 Å². The molecule has 2 saturated carbocycles. The van der Waals surface area contributed by atoms with Gasteiger partial charge in [0.05, 0.1) is 6.07 Å². The first-order chi connectivity index (χ1) is 9.28. The Morgan fingerprint density at radius 1 is 1.16 bits per heavy atom. The van der Waals surface area contributed by atoms with Crippen LogP contribution in [0, 0.1) is 35.0 Å². The Balaban J connectivity index is 1.48. The second-order valence-electron chi connectivity index (χ2n) is 6.78. The Labute approximate surface area is 116 Å². The Kier molecular flexibility index (Phi) is 3.77. The molecule has 0 unspecified atom stereocenters. The maximum Gasteiger partial charge on any atom is 0.222 e. The van der Waals surface area contributed by atoms with Crippen LogP contribution in [0.2, 0.25) is 0 Å². The second kappa shape index (κ2) is 5.53. The molecule has 0 aromatic rings. The van der Waals surface area contributed by atoms with E-state index in [1.807, 2.05) is 4.90 Å². The number of likely N-dealkylation sites (tertiary alicyclic amines) is 1. The fraction of sp³-hybridized carbons (Fsp3) is 0.875. The van der Waals surface area contributed by atoms with Gasteiger partial charge in [0.25, 0.3) is 0 Å². The van der Waals surface area contributed by atoms with Gasteiger partial charge >= 0.3 is 0 Å². The minimum atomic E-state index is 0.359. The van der Waals surface area contributed by atoms with Crippen molar-refractivity contribution in [2.45, 2.75) is 51.4 Å². The zero-order chi connectivity index (χ0) is 13.2. The van der Waals surface area contributed by atoms with Gasteiger partial charge in [0, 0.05) is 31.8 Å². The van der Waals surface area contributed by atoms with Crippen LogP contribution in [-0.4, -0.2) is 23.9 Å². The predicted molar refractivity (Wildman–Crippen MR) is 73.1 cm³/mol. The minimum absolute atomic E-state index is 0.359. The summed E-state index contributed by atoms with van der Waals surface area (Å²) in [4.78, 5) is 14.3. The van der Waals surface area contributed by atoms with Gasteiger partial charge in [-0.2, -0.15) is 5.26 Å². The van der Waals surface area contributed by atoms with Gasteiger partial charge in [0.1, 0.15) is 0 Å². The van der Waals surface area contributed by atoms with Crippen molar-refractivity contribution in [2.24, 2.45) is 23.7 Å². The molecule has 104 valence electrons. The number of carbonyl (C=O) groups is 1. The topological polar surface area (TPSA) is 44.1 Å². The third-order valence-electron chi connectivity index (χ3n) is 5.61. The van der Waals surface area contributed by atoms with Crippen LogP contribution >= 0.6 is 0 Å². The molecule has 3 aliphatic rings. The van der Waals surface area contributed by atoms with Gasteiger partial charge in [-0.1, -0.05) is 38.5 Å². The normalized spacial score (nSPS) is 24.5. The van der Waals surface area contributed by atoms with Crippen LogP contribution in [0.25, 0.3) is 0 Å². The number of amides is 1. The Morgan fingerprint density at radius 3 is 2.16 bits per heavy atom. The summed E-state index contributed by atoms with van der Waals surface area (Å²) in [6.07, 6.45) is 9.55. The summed E-state index contributed by atoms with van der Waals surface area (Å²) in [5.74, 6) is 3.15. The van der Waals surface area contributed by atoms with Crippen LogP contribution in [0.15, 0.2) is 0 Å². The summed E-state index contributed by atoms with van der Waals surface area (Å²) in [5.41, 5.74) is 0. The van der Waals surface area contributed by atoms with Gasteiger partial charge in [-0.05, 0) is 17.8 Å². The maximum atomic E-state index is 12.3. The average molecular weight is 260 g/mol. The predicted octanol–water partition coefficient (Wildman–Crippen LogP) is 2.96. The molecule has 2 aliphatic carbocycles. The van der Waals surface area contributed by atoms with E-state index in [1.165, 1.54) is 38.5 Å². The molecule has 0 aromatic carbocycles. The summed E-state index contributed by atoms with van der Waals surface area (Å²) in [5, 5.41) is 8.64. The van der Waals surface area contributed by atoms with E-state index in [0.29, 0.717) is 24.2 Å². The highest BCUT2D eigenvalue weighted by Gasteiger charge is 2.39. The molecule has 0 N–H and O–H groups in total. The molecule has 1 saturated heterocycles. The maximum absolute atomic E-state index is 12.3. The summed E-state index contributed by atoms with van der Waals surface area (Å²) < 4.78 is 0. The van der Waals surface area contributed by atoms with Crippen molar-refractivity contribution in [3.05, 3.63) is 0 Å². The van der Waals surface area contributed by atoms with E-state index < -0.39 is 0 Å². The molecule has 3 heteroatoms.